The van der Waals surface area contributed by atoms with Crippen molar-refractivity contribution in [1.29, 1.82) is 0 Å². The highest BCUT2D eigenvalue weighted by molar-refractivity contribution is 5.85. The first-order chi connectivity index (χ1) is 12.7. The van der Waals surface area contributed by atoms with Crippen molar-refractivity contribution in [2.24, 2.45) is 0 Å². The molecule has 136 valence electrons. The van der Waals surface area contributed by atoms with E-state index in [0.717, 1.165) is 25.1 Å². The summed E-state index contributed by atoms with van der Waals surface area (Å²) in [6, 6.07) is 16.9. The van der Waals surface area contributed by atoms with Gasteiger partial charge in [0.15, 0.2) is 0 Å². The maximum atomic E-state index is 11.2. The van der Waals surface area contributed by atoms with Crippen LogP contribution in [0.1, 0.15) is 24.5 Å². The first kappa shape index (κ1) is 18.4. The number of benzene rings is 2. The number of para-hydroxylation sites is 1. The monoisotopic (exact) mass is 350 g/mol. The molecule has 0 spiro atoms. The highest BCUT2D eigenvalue weighted by atomic mass is 16.3. The highest BCUT2D eigenvalue weighted by Crippen LogP contribution is 2.25. The van der Waals surface area contributed by atoms with Crippen LogP contribution >= 0.6 is 0 Å². The predicted octanol–water partition coefficient (Wildman–Crippen LogP) is 3.28. The Morgan fingerprint density at radius 2 is 1.81 bits per heavy atom. The molecule has 26 heavy (non-hydrogen) atoms. The molecule has 0 amide bonds. The van der Waals surface area contributed by atoms with E-state index in [1.54, 1.807) is 6.92 Å². The lowest BCUT2D eigenvalue weighted by Crippen LogP contribution is -2.20. The molecule has 3 aromatic rings. The lowest BCUT2D eigenvalue weighted by molar-refractivity contribution is -0.116. The van der Waals surface area contributed by atoms with E-state index in [-0.39, 0.29) is 12.4 Å². The molecule has 3 rings (SSSR count). The lowest BCUT2D eigenvalue weighted by atomic mass is 10.1. The molecule has 2 N–H and O–H groups in total. The summed E-state index contributed by atoms with van der Waals surface area (Å²) in [5, 5.41) is 13.4. The molecule has 1 aromatic heterocycles. The molecule has 0 saturated carbocycles. The SMILES string of the molecule is CC(=O)CCc1ccc(-n2cc(CCNCCO)c3ccccc32)cc1. The number of hydrogen-bond donors (Lipinski definition) is 2. The number of fused-ring (bicyclic) bond motifs is 1. The third-order valence-corrected chi connectivity index (χ3v) is 4.63. The van der Waals surface area contributed by atoms with E-state index in [1.807, 2.05) is 0 Å². The Balaban J connectivity index is 1.84. The summed E-state index contributed by atoms with van der Waals surface area (Å²) >= 11 is 0. The minimum atomic E-state index is 0.164. The third kappa shape index (κ3) is 4.40. The Kier molecular flexibility index (Phi) is 6.21. The molecule has 1 heterocycles. The molecule has 0 saturated heterocycles. The number of rotatable bonds is 9. The van der Waals surface area contributed by atoms with Crippen LogP contribution in [0.25, 0.3) is 16.6 Å². The van der Waals surface area contributed by atoms with Crippen LogP contribution in [0.3, 0.4) is 0 Å². The van der Waals surface area contributed by atoms with Crippen molar-refractivity contribution >= 4 is 16.7 Å². The molecule has 4 heteroatoms. The molecule has 0 aliphatic heterocycles. The van der Waals surface area contributed by atoms with Gasteiger partial charge in [-0.15, -0.1) is 0 Å². The second kappa shape index (κ2) is 8.79. The topological polar surface area (TPSA) is 54.3 Å². The number of carbonyl (C=O) groups is 1. The molecule has 0 atom stereocenters. The highest BCUT2D eigenvalue weighted by Gasteiger charge is 2.09. The van der Waals surface area contributed by atoms with Crippen molar-refractivity contribution in [1.82, 2.24) is 9.88 Å². The minimum Gasteiger partial charge on any atom is -0.395 e. The quantitative estimate of drug-likeness (QED) is 0.582. The normalized spacial score (nSPS) is 11.2. The Morgan fingerprint density at radius 1 is 1.04 bits per heavy atom. The fourth-order valence-electron chi connectivity index (χ4n) is 3.23. The smallest absolute Gasteiger partial charge is 0.130 e. The van der Waals surface area contributed by atoms with E-state index in [0.29, 0.717) is 13.0 Å². The number of nitrogens with zero attached hydrogens (tertiary/aromatic N) is 1. The molecule has 0 bridgehead atoms. The summed E-state index contributed by atoms with van der Waals surface area (Å²) in [7, 11) is 0. The molecule has 0 fully saturated rings. The van der Waals surface area contributed by atoms with Gasteiger partial charge in [0.2, 0.25) is 0 Å². The number of aryl methyl sites for hydroxylation is 1. The molecule has 0 radical (unpaired) electrons. The second-order valence-electron chi connectivity index (χ2n) is 6.63. The summed E-state index contributed by atoms with van der Waals surface area (Å²) in [4.78, 5) is 11.2. The van der Waals surface area contributed by atoms with E-state index >= 15 is 0 Å². The van der Waals surface area contributed by atoms with Crippen LogP contribution in [0.5, 0.6) is 0 Å². The summed E-state index contributed by atoms with van der Waals surface area (Å²) < 4.78 is 2.23. The van der Waals surface area contributed by atoms with Crippen molar-refractivity contribution in [2.75, 3.05) is 19.7 Å². The van der Waals surface area contributed by atoms with Crippen molar-refractivity contribution in [2.45, 2.75) is 26.2 Å². The van der Waals surface area contributed by atoms with E-state index < -0.39 is 0 Å². The number of aromatic nitrogens is 1. The molecule has 0 aliphatic rings. The van der Waals surface area contributed by atoms with Crippen LogP contribution in [0.4, 0.5) is 0 Å². The number of aliphatic hydroxyl groups is 1. The van der Waals surface area contributed by atoms with Gasteiger partial charge in [-0.25, -0.2) is 0 Å². The van der Waals surface area contributed by atoms with E-state index in [4.69, 9.17) is 5.11 Å². The Hall–Kier alpha value is -2.43. The van der Waals surface area contributed by atoms with Crippen LogP contribution in [-0.4, -0.2) is 35.2 Å². The Morgan fingerprint density at radius 3 is 2.54 bits per heavy atom. The average Bonchev–Trinajstić information content (AvgIpc) is 3.03. The van der Waals surface area contributed by atoms with Gasteiger partial charge in [0.05, 0.1) is 12.1 Å². The second-order valence-corrected chi connectivity index (χ2v) is 6.63. The molecule has 4 nitrogen and oxygen atoms in total. The maximum Gasteiger partial charge on any atom is 0.130 e. The van der Waals surface area contributed by atoms with Gasteiger partial charge in [-0.2, -0.15) is 0 Å². The van der Waals surface area contributed by atoms with E-state index in [1.165, 1.54) is 22.0 Å². The molecule has 0 unspecified atom stereocenters. The number of nitrogens with one attached hydrogen (secondary N) is 1. The van der Waals surface area contributed by atoms with Crippen molar-refractivity contribution in [3.05, 3.63) is 65.9 Å². The number of aliphatic hydroxyl groups excluding tert-OH is 1. The summed E-state index contributed by atoms with van der Waals surface area (Å²) in [6.07, 6.45) is 4.51. The minimum absolute atomic E-state index is 0.164. The molecular formula is C22H26N2O2. The number of hydrogen-bond acceptors (Lipinski definition) is 3. The van der Waals surface area contributed by atoms with E-state index in [9.17, 15) is 4.79 Å². The Labute approximate surface area is 154 Å². The van der Waals surface area contributed by atoms with Gasteiger partial charge in [0.1, 0.15) is 5.78 Å². The van der Waals surface area contributed by atoms with Crippen LogP contribution in [0.15, 0.2) is 54.7 Å². The summed E-state index contributed by atoms with van der Waals surface area (Å²) in [6.45, 7) is 3.27. The standard InChI is InChI=1S/C22H26N2O2/c1-17(26)6-7-18-8-10-20(11-9-18)24-16-19(12-13-23-14-15-25)21-4-2-3-5-22(21)24/h2-5,8-11,16,23,25H,6-7,12-15H2,1H3. The average molecular weight is 350 g/mol. The van der Waals surface area contributed by atoms with Gasteiger partial charge in [-0.1, -0.05) is 30.3 Å². The summed E-state index contributed by atoms with van der Waals surface area (Å²) in [5.74, 6) is 0.227. The Bertz CT molecular complexity index is 865. The van der Waals surface area contributed by atoms with E-state index in [2.05, 4.69) is 64.6 Å². The third-order valence-electron chi connectivity index (χ3n) is 4.63. The fraction of sp³-hybridized carbons (Fsp3) is 0.318. The zero-order chi connectivity index (χ0) is 18.4. The van der Waals surface area contributed by atoms with Gasteiger partial charge in [0.25, 0.3) is 0 Å². The van der Waals surface area contributed by atoms with Gasteiger partial charge in [-0.3, -0.25) is 0 Å². The first-order valence-corrected chi connectivity index (χ1v) is 9.18. The maximum absolute atomic E-state index is 11.2. The zero-order valence-electron chi connectivity index (χ0n) is 15.2. The molecule has 0 aliphatic carbocycles. The molecular weight excluding hydrogens is 324 g/mol. The van der Waals surface area contributed by atoms with Crippen LogP contribution in [0, 0.1) is 0 Å². The number of ketones is 1. The van der Waals surface area contributed by atoms with Crippen molar-refractivity contribution in [3.8, 4) is 5.69 Å². The largest absolute Gasteiger partial charge is 0.395 e. The zero-order valence-corrected chi connectivity index (χ0v) is 15.2. The number of Topliss-reactive ketones (excluding diaryl/α,β-unsaturated/α-hetero) is 1. The fourth-order valence-corrected chi connectivity index (χ4v) is 3.23. The lowest BCUT2D eigenvalue weighted by Gasteiger charge is -2.07. The summed E-state index contributed by atoms with van der Waals surface area (Å²) in [5.41, 5.74) is 4.81. The predicted molar refractivity (Wildman–Crippen MR) is 106 cm³/mol. The van der Waals surface area contributed by atoms with Crippen LogP contribution in [-0.2, 0) is 17.6 Å². The molecule has 2 aromatic carbocycles. The van der Waals surface area contributed by atoms with Crippen molar-refractivity contribution in [3.63, 3.8) is 0 Å². The van der Waals surface area contributed by atoms with Gasteiger partial charge in [0, 0.05) is 30.2 Å². The first-order valence-electron chi connectivity index (χ1n) is 9.18. The van der Waals surface area contributed by atoms with Gasteiger partial charge < -0.3 is 19.8 Å². The van der Waals surface area contributed by atoms with Crippen molar-refractivity contribution < 1.29 is 9.90 Å². The van der Waals surface area contributed by atoms with Crippen LogP contribution in [0.2, 0.25) is 0 Å². The van der Waals surface area contributed by atoms with Crippen LogP contribution < -0.4 is 5.32 Å². The number of carbonyl (C=O) groups excluding carboxylic acids is 1. The van der Waals surface area contributed by atoms with Gasteiger partial charge in [-0.05, 0) is 55.6 Å². The van der Waals surface area contributed by atoms with Gasteiger partial charge >= 0.3 is 0 Å².